The standard InChI is InChI=1S/C53H38.C11H24.C9H20/c1-33-23-26-36(27-24-33)40-28-30-44-43-29-25-34(2)31-47(43)53-51(46-22-12-18-38-14-8-10-20-42(38)46)49(39-15-5-4-6-16-39)35(3)50(52(53)48(44)32-40)45-21-11-17-37-13-7-9-19-41(37)45;1-3-5-7-9-11-10-8-6-4-2;1-3-5-7-9-8-6-4-2/h4-32H,1-3H3;3-11H2,1-2H3;3-9H2,1-2H3. The Hall–Kier alpha value is -6.50. The van der Waals surface area contributed by atoms with Crippen LogP contribution in [0, 0.1) is 20.8 Å². The summed E-state index contributed by atoms with van der Waals surface area (Å²) in [7, 11) is 0. The predicted molar refractivity (Wildman–Crippen MR) is 326 cm³/mol. The van der Waals surface area contributed by atoms with Crippen molar-refractivity contribution in [1.29, 1.82) is 0 Å². The maximum absolute atomic E-state index is 2.46. The van der Waals surface area contributed by atoms with Gasteiger partial charge in [0.15, 0.2) is 0 Å². The van der Waals surface area contributed by atoms with Crippen molar-refractivity contribution >= 4 is 53.9 Å². The molecule has 10 rings (SSSR count). The number of fused-ring (bicyclic) bond motifs is 8. The minimum absolute atomic E-state index is 1.23. The molecule has 0 nitrogen and oxygen atoms in total. The van der Waals surface area contributed by atoms with Crippen molar-refractivity contribution in [3.8, 4) is 44.5 Å². The number of hydrogen-bond acceptors (Lipinski definition) is 0. The first kappa shape index (κ1) is 52.8. The Morgan fingerprint density at radius 3 is 1.21 bits per heavy atom. The van der Waals surface area contributed by atoms with Crippen LogP contribution in [0.15, 0.2) is 176 Å². The molecule has 10 aromatic carbocycles. The van der Waals surface area contributed by atoms with E-state index in [9.17, 15) is 0 Å². The molecule has 0 heterocycles. The highest BCUT2D eigenvalue weighted by molar-refractivity contribution is 6.35. The summed E-state index contributed by atoms with van der Waals surface area (Å²) in [6.07, 6.45) is 22.9. The van der Waals surface area contributed by atoms with E-state index in [0.29, 0.717) is 0 Å². The lowest BCUT2D eigenvalue weighted by atomic mass is 9.77. The maximum Gasteiger partial charge on any atom is -0.000733 e. The van der Waals surface area contributed by atoms with E-state index in [0.717, 1.165) is 0 Å². The zero-order valence-corrected chi connectivity index (χ0v) is 45.6. The van der Waals surface area contributed by atoms with Gasteiger partial charge in [-0.05, 0) is 131 Å². The number of aryl methyl sites for hydroxylation is 2. The Bertz CT molecular complexity index is 3330. The molecule has 0 saturated carbocycles. The molecule has 0 aliphatic heterocycles. The molecule has 0 radical (unpaired) electrons. The molecule has 0 N–H and O–H groups in total. The summed E-state index contributed by atoms with van der Waals surface area (Å²) in [5.74, 6) is 0. The average molecular weight is 959 g/mol. The van der Waals surface area contributed by atoms with Crippen LogP contribution in [0.5, 0.6) is 0 Å². The van der Waals surface area contributed by atoms with E-state index < -0.39 is 0 Å². The number of hydrogen-bond donors (Lipinski definition) is 0. The SMILES string of the molecule is CCCCCCCCC.CCCCCCCCCCC.Cc1ccc(-c2ccc3c4ccc(C)cc4c4c(-c5cccc6ccccc56)c(-c5ccccc5)c(C)c(-c5cccc6ccccc56)c4c3c2)cc1. The molecule has 0 amide bonds. The Kier molecular flexibility index (Phi) is 19.1. The van der Waals surface area contributed by atoms with Crippen LogP contribution in [0.2, 0.25) is 0 Å². The molecule has 0 atom stereocenters. The Balaban J connectivity index is 0.000000301. The predicted octanol–water partition coefficient (Wildman–Crippen LogP) is 23.3. The fourth-order valence-electron chi connectivity index (χ4n) is 11.3. The van der Waals surface area contributed by atoms with Gasteiger partial charge in [-0.1, -0.05) is 311 Å². The molecule has 0 fully saturated rings. The average Bonchev–Trinajstić information content (AvgIpc) is 3.43. The van der Waals surface area contributed by atoms with Gasteiger partial charge in [0, 0.05) is 0 Å². The van der Waals surface area contributed by atoms with Gasteiger partial charge < -0.3 is 0 Å². The molecule has 0 aromatic heterocycles. The van der Waals surface area contributed by atoms with Crippen LogP contribution >= 0.6 is 0 Å². The van der Waals surface area contributed by atoms with Crippen molar-refractivity contribution in [2.75, 3.05) is 0 Å². The van der Waals surface area contributed by atoms with Gasteiger partial charge in [-0.3, -0.25) is 0 Å². The third kappa shape index (κ3) is 12.5. The highest BCUT2D eigenvalue weighted by Crippen LogP contribution is 2.53. The minimum atomic E-state index is 1.23. The first-order chi connectivity index (χ1) is 35.9. The summed E-state index contributed by atoms with van der Waals surface area (Å²) in [5, 5.41) is 12.8. The van der Waals surface area contributed by atoms with Gasteiger partial charge >= 0.3 is 0 Å². The first-order valence-corrected chi connectivity index (χ1v) is 28.4. The molecular weight excluding hydrogens is 877 g/mol. The van der Waals surface area contributed by atoms with Crippen LogP contribution in [0.4, 0.5) is 0 Å². The van der Waals surface area contributed by atoms with Gasteiger partial charge in [0.1, 0.15) is 0 Å². The smallest absolute Gasteiger partial charge is 0.000733 e. The Labute approximate surface area is 439 Å². The fourth-order valence-corrected chi connectivity index (χ4v) is 11.3. The molecule has 0 spiro atoms. The van der Waals surface area contributed by atoms with E-state index in [1.54, 1.807) is 0 Å². The van der Waals surface area contributed by atoms with Gasteiger partial charge in [0.2, 0.25) is 0 Å². The van der Waals surface area contributed by atoms with Crippen LogP contribution in [-0.2, 0) is 0 Å². The zero-order chi connectivity index (χ0) is 50.9. The van der Waals surface area contributed by atoms with Crippen LogP contribution in [0.25, 0.3) is 98.4 Å². The minimum Gasteiger partial charge on any atom is -0.0654 e. The highest BCUT2D eigenvalue weighted by atomic mass is 14.3. The van der Waals surface area contributed by atoms with E-state index in [4.69, 9.17) is 0 Å². The molecule has 73 heavy (non-hydrogen) atoms. The molecule has 0 heteroatoms. The van der Waals surface area contributed by atoms with Gasteiger partial charge in [-0.15, -0.1) is 0 Å². The van der Waals surface area contributed by atoms with E-state index in [-0.39, 0.29) is 0 Å². The summed E-state index contributed by atoms with van der Waals surface area (Å²) in [6.45, 7) is 15.8. The first-order valence-electron chi connectivity index (χ1n) is 28.4. The summed E-state index contributed by atoms with van der Waals surface area (Å²) in [5.41, 5.74) is 13.9. The van der Waals surface area contributed by atoms with Crippen LogP contribution in [0.1, 0.15) is 147 Å². The molecule has 0 saturated heterocycles. The molecule has 0 unspecified atom stereocenters. The van der Waals surface area contributed by atoms with Crippen molar-refractivity contribution in [2.45, 2.75) is 151 Å². The maximum atomic E-state index is 2.46. The van der Waals surface area contributed by atoms with E-state index in [1.807, 2.05) is 0 Å². The molecule has 374 valence electrons. The van der Waals surface area contributed by atoms with Crippen molar-refractivity contribution in [2.24, 2.45) is 0 Å². The van der Waals surface area contributed by atoms with Crippen molar-refractivity contribution in [1.82, 2.24) is 0 Å². The van der Waals surface area contributed by atoms with Crippen LogP contribution in [0.3, 0.4) is 0 Å². The number of benzene rings is 10. The fraction of sp³-hybridized carbons (Fsp3) is 0.315. The zero-order valence-electron chi connectivity index (χ0n) is 45.6. The lowest BCUT2D eigenvalue weighted by Gasteiger charge is -2.26. The Morgan fingerprint density at radius 2 is 0.671 bits per heavy atom. The quantitative estimate of drug-likeness (QED) is 0.0594. The van der Waals surface area contributed by atoms with Crippen molar-refractivity contribution in [3.05, 3.63) is 193 Å². The lowest BCUT2D eigenvalue weighted by Crippen LogP contribution is -1.99. The summed E-state index contributed by atoms with van der Waals surface area (Å²) < 4.78 is 0. The third-order valence-corrected chi connectivity index (χ3v) is 15.3. The van der Waals surface area contributed by atoms with Gasteiger partial charge in [-0.25, -0.2) is 0 Å². The summed E-state index contributed by atoms with van der Waals surface area (Å²) in [6, 6.07) is 65.6. The van der Waals surface area contributed by atoms with Crippen LogP contribution in [-0.4, -0.2) is 0 Å². The molecule has 0 aliphatic carbocycles. The van der Waals surface area contributed by atoms with Crippen LogP contribution < -0.4 is 0 Å². The second-order valence-corrected chi connectivity index (χ2v) is 20.8. The molecule has 10 aromatic rings. The molecule has 0 bridgehead atoms. The third-order valence-electron chi connectivity index (χ3n) is 15.3. The van der Waals surface area contributed by atoms with Gasteiger partial charge in [0.25, 0.3) is 0 Å². The van der Waals surface area contributed by atoms with Crippen molar-refractivity contribution < 1.29 is 0 Å². The topological polar surface area (TPSA) is 0 Å². The largest absolute Gasteiger partial charge is 0.0654 e. The monoisotopic (exact) mass is 959 g/mol. The van der Waals surface area contributed by atoms with Gasteiger partial charge in [-0.2, -0.15) is 0 Å². The van der Waals surface area contributed by atoms with E-state index in [2.05, 4.69) is 224 Å². The molecule has 0 aliphatic rings. The van der Waals surface area contributed by atoms with Crippen molar-refractivity contribution in [3.63, 3.8) is 0 Å². The van der Waals surface area contributed by atoms with E-state index >= 15 is 0 Å². The second kappa shape index (κ2) is 26.5. The second-order valence-electron chi connectivity index (χ2n) is 20.8. The normalized spacial score (nSPS) is 11.3. The molecular formula is C73H82. The number of rotatable bonds is 18. The van der Waals surface area contributed by atoms with Gasteiger partial charge in [0.05, 0.1) is 0 Å². The number of unbranched alkanes of at least 4 members (excludes halogenated alkanes) is 14. The highest BCUT2D eigenvalue weighted by Gasteiger charge is 2.26. The summed E-state index contributed by atoms with van der Waals surface area (Å²) >= 11 is 0. The Morgan fingerprint density at radius 1 is 0.260 bits per heavy atom. The van der Waals surface area contributed by atoms with E-state index in [1.165, 1.54) is 218 Å². The lowest BCUT2D eigenvalue weighted by molar-refractivity contribution is 0.572. The summed E-state index contributed by atoms with van der Waals surface area (Å²) in [4.78, 5) is 0.